The van der Waals surface area contributed by atoms with Crippen molar-refractivity contribution in [1.29, 1.82) is 0 Å². The molecule has 2 amide bonds. The number of ether oxygens (including phenoxy) is 1. The lowest BCUT2D eigenvalue weighted by molar-refractivity contribution is -0.122. The summed E-state index contributed by atoms with van der Waals surface area (Å²) < 4.78 is 5.28. The molecule has 2 aromatic carbocycles. The van der Waals surface area contributed by atoms with E-state index >= 15 is 0 Å². The van der Waals surface area contributed by atoms with Gasteiger partial charge in [-0.25, -0.2) is 0 Å². The molecule has 1 fully saturated rings. The Morgan fingerprint density at radius 1 is 1.21 bits per heavy atom. The number of hydrogen-bond acceptors (Lipinski definition) is 3. The van der Waals surface area contributed by atoms with E-state index in [2.05, 4.69) is 5.32 Å². The number of carbonyl (C=O) groups excluding carboxylic acids is 2. The summed E-state index contributed by atoms with van der Waals surface area (Å²) in [6.07, 6.45) is 0.217. The zero-order valence-electron chi connectivity index (χ0n) is 13.8. The monoisotopic (exact) mass is 324 g/mol. The maximum atomic E-state index is 12.6. The van der Waals surface area contributed by atoms with Gasteiger partial charge in [-0.15, -0.1) is 0 Å². The van der Waals surface area contributed by atoms with Crippen LogP contribution < -0.4 is 15.0 Å². The number of amides is 2. The molecule has 5 heteroatoms. The number of carbonyl (C=O) groups is 2. The fourth-order valence-corrected chi connectivity index (χ4v) is 2.89. The molecular weight excluding hydrogens is 304 g/mol. The predicted octanol–water partition coefficient (Wildman–Crippen LogP) is 3.00. The zero-order chi connectivity index (χ0) is 17.1. The molecule has 24 heavy (non-hydrogen) atoms. The van der Waals surface area contributed by atoms with Gasteiger partial charge in [0.15, 0.2) is 0 Å². The first kappa shape index (κ1) is 16.1. The standard InChI is InChI=1S/C19H20N2O3/c1-13-8-9-17(24-2)16(10-13)20-19(23)14-11-18(22)21(12-14)15-6-4-3-5-7-15/h3-10,14H,11-12H2,1-2H3,(H,20,23)/t14-/m0/s1. The summed E-state index contributed by atoms with van der Waals surface area (Å²) in [6.45, 7) is 2.34. The van der Waals surface area contributed by atoms with Gasteiger partial charge in [-0.05, 0) is 36.8 Å². The van der Waals surface area contributed by atoms with Gasteiger partial charge in [0.2, 0.25) is 11.8 Å². The van der Waals surface area contributed by atoms with E-state index in [0.717, 1.165) is 11.3 Å². The van der Waals surface area contributed by atoms with Crippen molar-refractivity contribution in [3.05, 3.63) is 54.1 Å². The van der Waals surface area contributed by atoms with Crippen molar-refractivity contribution in [2.24, 2.45) is 5.92 Å². The Morgan fingerprint density at radius 2 is 1.96 bits per heavy atom. The van der Waals surface area contributed by atoms with Gasteiger partial charge in [0.25, 0.3) is 0 Å². The summed E-state index contributed by atoms with van der Waals surface area (Å²) >= 11 is 0. The van der Waals surface area contributed by atoms with Crippen LogP contribution in [0.5, 0.6) is 5.75 Å². The van der Waals surface area contributed by atoms with Gasteiger partial charge in [-0.1, -0.05) is 24.3 Å². The summed E-state index contributed by atoms with van der Waals surface area (Å²) in [5.41, 5.74) is 2.48. The van der Waals surface area contributed by atoms with Crippen LogP contribution >= 0.6 is 0 Å². The minimum absolute atomic E-state index is 0.0300. The molecule has 1 heterocycles. The van der Waals surface area contributed by atoms with E-state index in [9.17, 15) is 9.59 Å². The van der Waals surface area contributed by atoms with Crippen molar-refractivity contribution in [1.82, 2.24) is 0 Å². The van der Waals surface area contributed by atoms with Crippen molar-refractivity contribution >= 4 is 23.2 Å². The molecule has 0 spiro atoms. The van der Waals surface area contributed by atoms with E-state index in [4.69, 9.17) is 4.74 Å². The largest absolute Gasteiger partial charge is 0.495 e. The molecule has 3 rings (SSSR count). The Hall–Kier alpha value is -2.82. The molecule has 0 bridgehead atoms. The Bertz CT molecular complexity index is 758. The van der Waals surface area contributed by atoms with Gasteiger partial charge in [-0.3, -0.25) is 9.59 Å². The molecule has 0 aromatic heterocycles. The van der Waals surface area contributed by atoms with E-state index in [-0.39, 0.29) is 24.2 Å². The van der Waals surface area contributed by atoms with Crippen molar-refractivity contribution in [3.8, 4) is 5.75 Å². The second-order valence-electron chi connectivity index (χ2n) is 5.93. The lowest BCUT2D eigenvalue weighted by atomic mass is 10.1. The molecule has 0 saturated carbocycles. The van der Waals surface area contributed by atoms with Crippen LogP contribution in [0.2, 0.25) is 0 Å². The molecule has 5 nitrogen and oxygen atoms in total. The third-order valence-corrected chi connectivity index (χ3v) is 4.18. The second kappa shape index (κ2) is 6.74. The average molecular weight is 324 g/mol. The van der Waals surface area contributed by atoms with Crippen LogP contribution in [0.15, 0.2) is 48.5 Å². The molecule has 1 atom stereocenters. The van der Waals surface area contributed by atoms with Gasteiger partial charge in [0, 0.05) is 18.7 Å². The molecule has 0 radical (unpaired) electrons. The average Bonchev–Trinajstić information content (AvgIpc) is 2.98. The lowest BCUT2D eigenvalue weighted by Gasteiger charge is -2.17. The molecule has 1 N–H and O–H groups in total. The molecule has 1 aliphatic heterocycles. The third-order valence-electron chi connectivity index (χ3n) is 4.18. The number of aryl methyl sites for hydroxylation is 1. The van der Waals surface area contributed by atoms with Crippen molar-refractivity contribution in [2.45, 2.75) is 13.3 Å². The third kappa shape index (κ3) is 3.25. The van der Waals surface area contributed by atoms with E-state index in [0.29, 0.717) is 18.0 Å². The fourth-order valence-electron chi connectivity index (χ4n) is 2.89. The minimum Gasteiger partial charge on any atom is -0.495 e. The Labute approximate surface area is 141 Å². The van der Waals surface area contributed by atoms with Crippen molar-refractivity contribution in [2.75, 3.05) is 23.9 Å². The molecule has 1 saturated heterocycles. The van der Waals surface area contributed by atoms with Crippen LogP contribution in [0.4, 0.5) is 11.4 Å². The number of methoxy groups -OCH3 is 1. The first-order valence-corrected chi connectivity index (χ1v) is 7.89. The summed E-state index contributed by atoms with van der Waals surface area (Å²) in [5, 5.41) is 2.89. The normalized spacial score (nSPS) is 17.0. The topological polar surface area (TPSA) is 58.6 Å². The number of nitrogens with zero attached hydrogens (tertiary/aromatic N) is 1. The van der Waals surface area contributed by atoms with Gasteiger partial charge in [0.1, 0.15) is 5.75 Å². The van der Waals surface area contributed by atoms with Crippen LogP contribution in [0, 0.1) is 12.8 Å². The van der Waals surface area contributed by atoms with Crippen LogP contribution in [-0.4, -0.2) is 25.5 Å². The number of para-hydroxylation sites is 1. The molecule has 124 valence electrons. The van der Waals surface area contributed by atoms with Gasteiger partial charge >= 0.3 is 0 Å². The molecule has 1 aliphatic rings. The number of rotatable bonds is 4. The number of hydrogen-bond donors (Lipinski definition) is 1. The highest BCUT2D eigenvalue weighted by Crippen LogP contribution is 2.29. The maximum Gasteiger partial charge on any atom is 0.229 e. The van der Waals surface area contributed by atoms with Crippen LogP contribution in [-0.2, 0) is 9.59 Å². The van der Waals surface area contributed by atoms with Gasteiger partial charge in [0.05, 0.1) is 18.7 Å². The van der Waals surface area contributed by atoms with E-state index in [1.54, 1.807) is 12.0 Å². The molecule has 0 unspecified atom stereocenters. The summed E-state index contributed by atoms with van der Waals surface area (Å²) in [4.78, 5) is 26.5. The summed E-state index contributed by atoms with van der Waals surface area (Å²) in [6, 6.07) is 15.0. The highest BCUT2D eigenvalue weighted by atomic mass is 16.5. The minimum atomic E-state index is -0.372. The number of anilines is 2. The van der Waals surface area contributed by atoms with E-state index in [1.165, 1.54) is 0 Å². The van der Waals surface area contributed by atoms with E-state index in [1.807, 2.05) is 55.5 Å². The smallest absolute Gasteiger partial charge is 0.229 e. The number of nitrogens with one attached hydrogen (secondary N) is 1. The van der Waals surface area contributed by atoms with Crippen molar-refractivity contribution < 1.29 is 14.3 Å². The van der Waals surface area contributed by atoms with Crippen LogP contribution in [0.3, 0.4) is 0 Å². The quantitative estimate of drug-likeness (QED) is 0.940. The van der Waals surface area contributed by atoms with Gasteiger partial charge in [-0.2, -0.15) is 0 Å². The van der Waals surface area contributed by atoms with Crippen LogP contribution in [0.25, 0.3) is 0 Å². The highest BCUT2D eigenvalue weighted by Gasteiger charge is 2.35. The summed E-state index contributed by atoms with van der Waals surface area (Å²) in [5.74, 6) is 0.0457. The van der Waals surface area contributed by atoms with Gasteiger partial charge < -0.3 is 15.0 Å². The second-order valence-corrected chi connectivity index (χ2v) is 5.93. The first-order valence-electron chi connectivity index (χ1n) is 7.89. The molecule has 0 aliphatic carbocycles. The number of benzene rings is 2. The van der Waals surface area contributed by atoms with Crippen LogP contribution in [0.1, 0.15) is 12.0 Å². The molecule has 2 aromatic rings. The Kier molecular flexibility index (Phi) is 4.51. The van der Waals surface area contributed by atoms with Crippen molar-refractivity contribution in [3.63, 3.8) is 0 Å². The summed E-state index contributed by atoms with van der Waals surface area (Å²) in [7, 11) is 1.57. The fraction of sp³-hybridized carbons (Fsp3) is 0.263. The molecular formula is C19H20N2O3. The maximum absolute atomic E-state index is 12.6. The first-order chi connectivity index (χ1) is 11.6. The Morgan fingerprint density at radius 3 is 2.67 bits per heavy atom. The highest BCUT2D eigenvalue weighted by molar-refractivity contribution is 6.03. The zero-order valence-corrected chi connectivity index (χ0v) is 13.8. The lowest BCUT2D eigenvalue weighted by Crippen LogP contribution is -2.28. The Balaban J connectivity index is 1.73. The predicted molar refractivity (Wildman–Crippen MR) is 93.3 cm³/mol. The van der Waals surface area contributed by atoms with E-state index < -0.39 is 0 Å². The SMILES string of the molecule is COc1ccc(C)cc1NC(=O)[C@H]1CC(=O)N(c2ccccc2)C1.